The SMILES string of the molecule is COc1ccc(-c2onc(-c3ccccc3Br)c2CO)cc1. The first-order valence-electron chi connectivity index (χ1n) is 6.73. The van der Waals surface area contributed by atoms with Crippen molar-refractivity contribution in [1.82, 2.24) is 5.16 Å². The molecule has 0 aliphatic carbocycles. The minimum Gasteiger partial charge on any atom is -0.497 e. The first-order valence-corrected chi connectivity index (χ1v) is 7.52. The summed E-state index contributed by atoms with van der Waals surface area (Å²) in [6.07, 6.45) is 0. The van der Waals surface area contributed by atoms with E-state index >= 15 is 0 Å². The van der Waals surface area contributed by atoms with E-state index < -0.39 is 0 Å². The number of aromatic nitrogens is 1. The molecule has 112 valence electrons. The highest BCUT2D eigenvalue weighted by Crippen LogP contribution is 2.35. The lowest BCUT2D eigenvalue weighted by molar-refractivity contribution is 0.281. The summed E-state index contributed by atoms with van der Waals surface area (Å²) in [5.74, 6) is 1.33. The molecule has 0 unspecified atom stereocenters. The monoisotopic (exact) mass is 359 g/mol. The van der Waals surface area contributed by atoms with Crippen molar-refractivity contribution in [3.05, 3.63) is 58.6 Å². The van der Waals surface area contributed by atoms with Crippen molar-refractivity contribution in [2.24, 2.45) is 0 Å². The standard InChI is InChI=1S/C17H14BrNO3/c1-21-12-8-6-11(7-9-12)17-14(10-20)16(19-22-17)13-4-2-3-5-15(13)18/h2-9,20H,10H2,1H3. The van der Waals surface area contributed by atoms with Gasteiger partial charge in [0, 0.05) is 15.6 Å². The Morgan fingerprint density at radius 3 is 2.50 bits per heavy atom. The van der Waals surface area contributed by atoms with Crippen LogP contribution >= 0.6 is 15.9 Å². The van der Waals surface area contributed by atoms with Crippen molar-refractivity contribution in [1.29, 1.82) is 0 Å². The van der Waals surface area contributed by atoms with E-state index in [9.17, 15) is 5.11 Å². The number of ether oxygens (including phenoxy) is 1. The summed E-state index contributed by atoms with van der Waals surface area (Å²) in [5, 5.41) is 13.9. The Balaban J connectivity index is 2.09. The fourth-order valence-electron chi connectivity index (χ4n) is 2.29. The molecule has 3 rings (SSSR count). The number of hydrogen-bond acceptors (Lipinski definition) is 4. The van der Waals surface area contributed by atoms with Crippen molar-refractivity contribution in [2.75, 3.05) is 7.11 Å². The fraction of sp³-hybridized carbons (Fsp3) is 0.118. The highest BCUT2D eigenvalue weighted by Gasteiger charge is 2.19. The first-order chi connectivity index (χ1) is 10.7. The van der Waals surface area contributed by atoms with Gasteiger partial charge >= 0.3 is 0 Å². The molecular weight excluding hydrogens is 346 g/mol. The third-order valence-electron chi connectivity index (χ3n) is 3.43. The summed E-state index contributed by atoms with van der Waals surface area (Å²) in [6.45, 7) is -0.151. The molecule has 0 atom stereocenters. The van der Waals surface area contributed by atoms with E-state index in [-0.39, 0.29) is 6.61 Å². The first kappa shape index (κ1) is 14.8. The molecule has 1 heterocycles. The van der Waals surface area contributed by atoms with Crippen molar-refractivity contribution >= 4 is 15.9 Å². The molecule has 0 fully saturated rings. The maximum atomic E-state index is 9.76. The zero-order valence-corrected chi connectivity index (χ0v) is 13.5. The molecule has 0 aliphatic heterocycles. The van der Waals surface area contributed by atoms with Crippen molar-refractivity contribution < 1.29 is 14.4 Å². The van der Waals surface area contributed by atoms with Crippen LogP contribution in [0.1, 0.15) is 5.56 Å². The fourth-order valence-corrected chi connectivity index (χ4v) is 2.76. The quantitative estimate of drug-likeness (QED) is 0.755. The van der Waals surface area contributed by atoms with E-state index in [2.05, 4.69) is 21.1 Å². The number of nitrogens with zero attached hydrogens (tertiary/aromatic N) is 1. The van der Waals surface area contributed by atoms with Crippen LogP contribution in [-0.4, -0.2) is 17.4 Å². The van der Waals surface area contributed by atoms with Gasteiger partial charge in [0.2, 0.25) is 0 Å². The minimum absolute atomic E-state index is 0.151. The summed E-state index contributed by atoms with van der Waals surface area (Å²) >= 11 is 3.50. The smallest absolute Gasteiger partial charge is 0.173 e. The summed E-state index contributed by atoms with van der Waals surface area (Å²) in [5.41, 5.74) is 3.03. The highest BCUT2D eigenvalue weighted by molar-refractivity contribution is 9.10. The van der Waals surface area contributed by atoms with Crippen molar-refractivity contribution in [3.63, 3.8) is 0 Å². The molecule has 0 radical (unpaired) electrons. The second kappa shape index (κ2) is 6.34. The Bertz CT molecular complexity index is 781. The number of rotatable bonds is 4. The average Bonchev–Trinajstić information content (AvgIpc) is 2.99. The van der Waals surface area contributed by atoms with Gasteiger partial charge in [0.15, 0.2) is 5.76 Å². The molecular formula is C17H14BrNO3. The number of hydrogen-bond donors (Lipinski definition) is 1. The number of benzene rings is 2. The van der Waals surface area contributed by atoms with Crippen LogP contribution in [0.3, 0.4) is 0 Å². The van der Waals surface area contributed by atoms with Crippen molar-refractivity contribution in [3.8, 4) is 28.3 Å². The Morgan fingerprint density at radius 1 is 1.14 bits per heavy atom. The van der Waals surface area contributed by atoms with Gasteiger partial charge in [-0.15, -0.1) is 0 Å². The molecule has 0 bridgehead atoms. The molecule has 4 nitrogen and oxygen atoms in total. The molecule has 5 heteroatoms. The second-order valence-electron chi connectivity index (χ2n) is 4.71. The second-order valence-corrected chi connectivity index (χ2v) is 5.56. The molecule has 0 aliphatic rings. The van der Waals surface area contributed by atoms with E-state index in [1.165, 1.54) is 0 Å². The van der Waals surface area contributed by atoms with Gasteiger partial charge in [0.05, 0.1) is 19.3 Å². The topological polar surface area (TPSA) is 55.5 Å². The van der Waals surface area contributed by atoms with E-state index in [0.717, 1.165) is 21.3 Å². The van der Waals surface area contributed by atoms with Crippen molar-refractivity contribution in [2.45, 2.75) is 6.61 Å². The zero-order chi connectivity index (χ0) is 15.5. The number of aliphatic hydroxyl groups is 1. The number of halogens is 1. The maximum Gasteiger partial charge on any atom is 0.173 e. The van der Waals surface area contributed by atoms with Crippen LogP contribution in [0.25, 0.3) is 22.6 Å². The largest absolute Gasteiger partial charge is 0.497 e. The van der Waals surface area contributed by atoms with E-state index in [4.69, 9.17) is 9.26 Å². The molecule has 2 aromatic carbocycles. The molecule has 0 amide bonds. The molecule has 22 heavy (non-hydrogen) atoms. The molecule has 3 aromatic rings. The van der Waals surface area contributed by atoms with E-state index in [0.29, 0.717) is 17.0 Å². The Morgan fingerprint density at radius 2 is 1.86 bits per heavy atom. The zero-order valence-electron chi connectivity index (χ0n) is 11.9. The van der Waals surface area contributed by atoms with Crippen LogP contribution in [-0.2, 0) is 6.61 Å². The molecule has 0 saturated heterocycles. The summed E-state index contributed by atoms with van der Waals surface area (Å²) in [4.78, 5) is 0. The Labute approximate surface area is 136 Å². The summed E-state index contributed by atoms with van der Waals surface area (Å²) in [6, 6.07) is 15.1. The van der Waals surface area contributed by atoms with Crippen LogP contribution in [0, 0.1) is 0 Å². The molecule has 0 spiro atoms. The predicted molar refractivity (Wildman–Crippen MR) is 87.5 cm³/mol. The van der Waals surface area contributed by atoms with Gasteiger partial charge in [-0.1, -0.05) is 39.3 Å². The van der Waals surface area contributed by atoms with Gasteiger partial charge in [-0.2, -0.15) is 0 Å². The van der Waals surface area contributed by atoms with Gasteiger partial charge in [0.1, 0.15) is 11.4 Å². The maximum absolute atomic E-state index is 9.76. The highest BCUT2D eigenvalue weighted by atomic mass is 79.9. The van der Waals surface area contributed by atoms with Gasteiger partial charge in [-0.3, -0.25) is 0 Å². The lowest BCUT2D eigenvalue weighted by Gasteiger charge is -2.04. The third kappa shape index (κ3) is 2.65. The third-order valence-corrected chi connectivity index (χ3v) is 4.12. The van der Waals surface area contributed by atoms with Gasteiger partial charge in [0.25, 0.3) is 0 Å². The average molecular weight is 360 g/mol. The summed E-state index contributed by atoms with van der Waals surface area (Å²) in [7, 11) is 1.62. The number of aliphatic hydroxyl groups excluding tert-OH is 1. The predicted octanol–water partition coefficient (Wildman–Crippen LogP) is 4.27. The van der Waals surface area contributed by atoms with Crippen LogP contribution in [0.4, 0.5) is 0 Å². The summed E-state index contributed by atoms with van der Waals surface area (Å²) < 4.78 is 11.5. The van der Waals surface area contributed by atoms with E-state index in [1.807, 2.05) is 48.5 Å². The van der Waals surface area contributed by atoms with E-state index in [1.54, 1.807) is 7.11 Å². The van der Waals surface area contributed by atoms with Crippen LogP contribution in [0.15, 0.2) is 57.5 Å². The van der Waals surface area contributed by atoms with Crippen LogP contribution in [0.5, 0.6) is 5.75 Å². The van der Waals surface area contributed by atoms with Crippen LogP contribution in [0.2, 0.25) is 0 Å². The van der Waals surface area contributed by atoms with Gasteiger partial charge in [-0.25, -0.2) is 0 Å². The number of methoxy groups -OCH3 is 1. The molecule has 1 aromatic heterocycles. The Hall–Kier alpha value is -2.11. The normalized spacial score (nSPS) is 10.7. The molecule has 1 N–H and O–H groups in total. The lowest BCUT2D eigenvalue weighted by atomic mass is 10.0. The van der Waals surface area contributed by atoms with Gasteiger partial charge < -0.3 is 14.4 Å². The van der Waals surface area contributed by atoms with Crippen LogP contribution < -0.4 is 4.74 Å². The Kier molecular flexibility index (Phi) is 4.27. The molecule has 0 saturated carbocycles. The van der Waals surface area contributed by atoms with Gasteiger partial charge in [-0.05, 0) is 30.3 Å². The minimum atomic E-state index is -0.151. The lowest BCUT2D eigenvalue weighted by Crippen LogP contribution is -1.90.